The monoisotopic (exact) mass is 338 g/mol. The van der Waals surface area contributed by atoms with Gasteiger partial charge in [-0.25, -0.2) is 4.68 Å². The van der Waals surface area contributed by atoms with Gasteiger partial charge in [-0.1, -0.05) is 0 Å². The van der Waals surface area contributed by atoms with Crippen molar-refractivity contribution in [1.29, 1.82) is 0 Å². The zero-order chi connectivity index (χ0) is 14.5. The lowest BCUT2D eigenvalue weighted by atomic mass is 10.2. The maximum absolute atomic E-state index is 5.73. The SMILES string of the molecule is COc1cc(/C=N\n2cnnc2)cc(Br)c1OC(C)C. The minimum Gasteiger partial charge on any atom is -0.493 e. The highest BCUT2D eigenvalue weighted by molar-refractivity contribution is 9.10. The molecule has 0 spiro atoms. The molecule has 0 aliphatic heterocycles. The third-order valence-corrected chi connectivity index (χ3v) is 2.94. The molecule has 0 bridgehead atoms. The summed E-state index contributed by atoms with van der Waals surface area (Å²) in [5.74, 6) is 1.34. The van der Waals surface area contributed by atoms with Crippen LogP contribution in [0.5, 0.6) is 11.5 Å². The number of nitrogens with zero attached hydrogens (tertiary/aromatic N) is 4. The van der Waals surface area contributed by atoms with Crippen molar-refractivity contribution in [3.05, 3.63) is 34.8 Å². The van der Waals surface area contributed by atoms with Crippen molar-refractivity contribution in [2.45, 2.75) is 20.0 Å². The van der Waals surface area contributed by atoms with Crippen LogP contribution in [0.2, 0.25) is 0 Å². The number of rotatable bonds is 5. The zero-order valence-corrected chi connectivity index (χ0v) is 13.0. The first-order chi connectivity index (χ1) is 9.60. The molecule has 1 aromatic heterocycles. The molecule has 6 nitrogen and oxygen atoms in total. The predicted molar refractivity (Wildman–Crippen MR) is 79.5 cm³/mol. The Morgan fingerprint density at radius 3 is 2.60 bits per heavy atom. The summed E-state index contributed by atoms with van der Waals surface area (Å²) in [6.07, 6.45) is 4.78. The number of ether oxygens (including phenoxy) is 2. The third-order valence-electron chi connectivity index (χ3n) is 2.35. The molecule has 2 aromatic rings. The van der Waals surface area contributed by atoms with E-state index in [-0.39, 0.29) is 6.10 Å². The van der Waals surface area contributed by atoms with Crippen LogP contribution >= 0.6 is 15.9 Å². The largest absolute Gasteiger partial charge is 0.493 e. The lowest BCUT2D eigenvalue weighted by Gasteiger charge is -2.15. The normalized spacial score (nSPS) is 11.2. The molecular weight excluding hydrogens is 324 g/mol. The molecule has 7 heteroatoms. The van der Waals surface area contributed by atoms with Crippen molar-refractivity contribution in [3.63, 3.8) is 0 Å². The van der Waals surface area contributed by atoms with Gasteiger partial charge in [0.05, 0.1) is 23.9 Å². The third kappa shape index (κ3) is 3.57. The molecule has 0 saturated carbocycles. The predicted octanol–water partition coefficient (Wildman–Crippen LogP) is 2.72. The number of hydrogen-bond acceptors (Lipinski definition) is 5. The maximum Gasteiger partial charge on any atom is 0.175 e. The summed E-state index contributed by atoms with van der Waals surface area (Å²) in [7, 11) is 1.61. The van der Waals surface area contributed by atoms with Gasteiger partial charge in [0.1, 0.15) is 12.7 Å². The van der Waals surface area contributed by atoms with Gasteiger partial charge in [0.2, 0.25) is 0 Å². The first-order valence-electron chi connectivity index (χ1n) is 6.03. The molecule has 0 saturated heterocycles. The van der Waals surface area contributed by atoms with Gasteiger partial charge in [-0.3, -0.25) is 0 Å². The number of hydrogen-bond donors (Lipinski definition) is 0. The first-order valence-corrected chi connectivity index (χ1v) is 6.82. The Bertz CT molecular complexity index is 597. The minimum absolute atomic E-state index is 0.0664. The lowest BCUT2D eigenvalue weighted by Crippen LogP contribution is -2.07. The molecule has 0 aliphatic carbocycles. The summed E-state index contributed by atoms with van der Waals surface area (Å²) in [5.41, 5.74) is 0.874. The average molecular weight is 339 g/mol. The topological polar surface area (TPSA) is 61.5 Å². The molecule has 106 valence electrons. The van der Waals surface area contributed by atoms with E-state index in [0.717, 1.165) is 10.0 Å². The first kappa shape index (κ1) is 14.5. The van der Waals surface area contributed by atoms with Gasteiger partial charge in [-0.05, 0) is 47.5 Å². The van der Waals surface area contributed by atoms with E-state index >= 15 is 0 Å². The molecule has 0 amide bonds. The Morgan fingerprint density at radius 1 is 1.30 bits per heavy atom. The Kier molecular flexibility index (Phi) is 4.73. The summed E-state index contributed by atoms with van der Waals surface area (Å²) in [5, 5.41) is 11.5. The molecule has 2 rings (SSSR count). The van der Waals surface area contributed by atoms with Crippen LogP contribution in [-0.4, -0.2) is 34.3 Å². The second-order valence-corrected chi connectivity index (χ2v) is 5.14. The Hall–Kier alpha value is -1.89. The Labute approximate surface area is 125 Å². The van der Waals surface area contributed by atoms with Crippen LogP contribution in [0.15, 0.2) is 34.4 Å². The van der Waals surface area contributed by atoms with E-state index in [1.807, 2.05) is 26.0 Å². The molecule has 20 heavy (non-hydrogen) atoms. The van der Waals surface area contributed by atoms with Crippen LogP contribution in [0.25, 0.3) is 0 Å². The van der Waals surface area contributed by atoms with Crippen molar-refractivity contribution < 1.29 is 9.47 Å². The second kappa shape index (κ2) is 6.51. The van der Waals surface area contributed by atoms with Crippen molar-refractivity contribution in [1.82, 2.24) is 14.9 Å². The van der Waals surface area contributed by atoms with E-state index in [0.29, 0.717) is 11.5 Å². The number of aromatic nitrogens is 3. The summed E-state index contributed by atoms with van der Waals surface area (Å²) >= 11 is 3.49. The molecule has 0 fully saturated rings. The van der Waals surface area contributed by atoms with E-state index in [1.165, 1.54) is 17.3 Å². The highest BCUT2D eigenvalue weighted by Crippen LogP contribution is 2.36. The van der Waals surface area contributed by atoms with E-state index in [9.17, 15) is 0 Å². The number of methoxy groups -OCH3 is 1. The summed E-state index contributed by atoms with van der Waals surface area (Å²) in [4.78, 5) is 0. The van der Waals surface area contributed by atoms with Gasteiger partial charge in [0.15, 0.2) is 11.5 Å². The number of halogens is 1. The van der Waals surface area contributed by atoms with Crippen LogP contribution in [0.4, 0.5) is 0 Å². The summed E-state index contributed by atoms with van der Waals surface area (Å²) in [6, 6.07) is 3.77. The molecule has 0 radical (unpaired) electrons. The van der Waals surface area contributed by atoms with Gasteiger partial charge in [0, 0.05) is 0 Å². The van der Waals surface area contributed by atoms with Crippen LogP contribution < -0.4 is 9.47 Å². The second-order valence-electron chi connectivity index (χ2n) is 4.29. The maximum atomic E-state index is 5.73. The van der Waals surface area contributed by atoms with Crippen LogP contribution in [-0.2, 0) is 0 Å². The summed E-state index contributed by atoms with van der Waals surface area (Å²) in [6.45, 7) is 3.93. The van der Waals surface area contributed by atoms with E-state index < -0.39 is 0 Å². The Morgan fingerprint density at radius 2 is 2.00 bits per heavy atom. The van der Waals surface area contributed by atoms with Gasteiger partial charge in [-0.2, -0.15) is 5.10 Å². The fourth-order valence-electron chi connectivity index (χ4n) is 1.55. The van der Waals surface area contributed by atoms with Crippen molar-refractivity contribution in [3.8, 4) is 11.5 Å². The minimum atomic E-state index is 0.0664. The number of benzene rings is 1. The van der Waals surface area contributed by atoms with E-state index in [1.54, 1.807) is 13.3 Å². The molecule has 0 aliphatic rings. The fourth-order valence-corrected chi connectivity index (χ4v) is 2.11. The average Bonchev–Trinajstić information content (AvgIpc) is 2.91. The molecule has 0 atom stereocenters. The molecular formula is C13H15BrN4O2. The van der Waals surface area contributed by atoms with Crippen LogP contribution in [0.3, 0.4) is 0 Å². The molecule has 1 heterocycles. The Balaban J connectivity index is 2.30. The van der Waals surface area contributed by atoms with Gasteiger partial charge >= 0.3 is 0 Å². The van der Waals surface area contributed by atoms with Crippen molar-refractivity contribution >= 4 is 22.1 Å². The fraction of sp³-hybridized carbons (Fsp3) is 0.308. The molecule has 0 unspecified atom stereocenters. The molecule has 1 aromatic carbocycles. The quantitative estimate of drug-likeness (QED) is 0.786. The van der Waals surface area contributed by atoms with Crippen molar-refractivity contribution in [2.75, 3.05) is 7.11 Å². The van der Waals surface area contributed by atoms with E-state index in [4.69, 9.17) is 9.47 Å². The summed E-state index contributed by atoms with van der Waals surface area (Å²) < 4.78 is 13.4. The molecule has 0 N–H and O–H groups in total. The highest BCUT2D eigenvalue weighted by Gasteiger charge is 2.12. The van der Waals surface area contributed by atoms with Crippen LogP contribution in [0.1, 0.15) is 19.4 Å². The van der Waals surface area contributed by atoms with E-state index in [2.05, 4.69) is 31.2 Å². The lowest BCUT2D eigenvalue weighted by molar-refractivity contribution is 0.228. The van der Waals surface area contributed by atoms with Crippen molar-refractivity contribution in [2.24, 2.45) is 5.10 Å². The van der Waals surface area contributed by atoms with Crippen LogP contribution in [0, 0.1) is 0 Å². The van der Waals surface area contributed by atoms with Gasteiger partial charge in [-0.15, -0.1) is 10.2 Å². The standard InChI is InChI=1S/C13H15BrN4O2/c1-9(2)20-13-11(14)4-10(5-12(13)19-3)6-17-18-7-15-16-8-18/h4-9H,1-3H3/b17-6-. The smallest absolute Gasteiger partial charge is 0.175 e. The highest BCUT2D eigenvalue weighted by atomic mass is 79.9. The van der Waals surface area contributed by atoms with Gasteiger partial charge < -0.3 is 9.47 Å². The van der Waals surface area contributed by atoms with Gasteiger partial charge in [0.25, 0.3) is 0 Å². The zero-order valence-electron chi connectivity index (χ0n) is 11.4.